The molecule has 1 aromatic heterocycles. The molecule has 2 fully saturated rings. The molecular weight excluding hydrogens is 340 g/mol. The van der Waals surface area contributed by atoms with Crippen molar-refractivity contribution in [1.29, 1.82) is 0 Å². The highest BCUT2D eigenvalue weighted by Crippen LogP contribution is 2.36. The standard InChI is InChI=1S/C21H36N4O2/c1-5-19-12-16(9-11-27-19)21(26)23(3)14-17-8-7-10-25(6-2)20(17)18-13-22-24(4)15-18/h13,15-17,19-20H,5-12,14H2,1-4H3/t16-,17+,19-,20-/m1/s1. The van der Waals surface area contributed by atoms with E-state index < -0.39 is 0 Å². The Labute approximate surface area is 163 Å². The van der Waals surface area contributed by atoms with Crippen LogP contribution in [0.3, 0.4) is 0 Å². The first-order valence-corrected chi connectivity index (χ1v) is 10.6. The van der Waals surface area contributed by atoms with E-state index in [1.54, 1.807) is 0 Å². The molecule has 0 N–H and O–H groups in total. The molecule has 0 unspecified atom stereocenters. The van der Waals surface area contributed by atoms with Gasteiger partial charge in [0.1, 0.15) is 0 Å². The molecule has 1 aromatic rings. The van der Waals surface area contributed by atoms with E-state index in [1.807, 2.05) is 29.9 Å². The van der Waals surface area contributed by atoms with Crippen LogP contribution in [0.1, 0.15) is 57.6 Å². The van der Waals surface area contributed by atoms with Crippen molar-refractivity contribution in [3.05, 3.63) is 18.0 Å². The molecule has 0 bridgehead atoms. The largest absolute Gasteiger partial charge is 0.378 e. The summed E-state index contributed by atoms with van der Waals surface area (Å²) in [5.41, 5.74) is 1.28. The van der Waals surface area contributed by atoms with Gasteiger partial charge in [0.05, 0.1) is 12.3 Å². The van der Waals surface area contributed by atoms with Crippen molar-refractivity contribution in [3.63, 3.8) is 0 Å². The number of hydrogen-bond donors (Lipinski definition) is 0. The summed E-state index contributed by atoms with van der Waals surface area (Å²) < 4.78 is 7.64. The summed E-state index contributed by atoms with van der Waals surface area (Å²) in [6, 6.07) is 0.353. The Morgan fingerprint density at radius 3 is 2.85 bits per heavy atom. The molecule has 152 valence electrons. The lowest BCUT2D eigenvalue weighted by molar-refractivity contribution is -0.140. The van der Waals surface area contributed by atoms with Crippen LogP contribution >= 0.6 is 0 Å². The molecule has 0 spiro atoms. The van der Waals surface area contributed by atoms with Crippen LogP contribution in [-0.2, 0) is 16.6 Å². The summed E-state index contributed by atoms with van der Waals surface area (Å²) in [5.74, 6) is 0.880. The number of aromatic nitrogens is 2. The number of ether oxygens (including phenoxy) is 1. The fourth-order valence-corrected chi connectivity index (χ4v) is 4.92. The molecule has 2 saturated heterocycles. The van der Waals surface area contributed by atoms with Gasteiger partial charge in [0, 0.05) is 51.0 Å². The molecule has 2 aliphatic rings. The first-order valence-electron chi connectivity index (χ1n) is 10.6. The second-order valence-electron chi connectivity index (χ2n) is 8.26. The van der Waals surface area contributed by atoms with E-state index in [9.17, 15) is 4.79 Å². The van der Waals surface area contributed by atoms with E-state index in [1.165, 1.54) is 18.4 Å². The highest BCUT2D eigenvalue weighted by atomic mass is 16.5. The molecule has 0 aromatic carbocycles. The topological polar surface area (TPSA) is 50.6 Å². The maximum atomic E-state index is 13.1. The van der Waals surface area contributed by atoms with E-state index in [-0.39, 0.29) is 12.0 Å². The Bertz CT molecular complexity index is 617. The van der Waals surface area contributed by atoms with Crippen LogP contribution in [0.2, 0.25) is 0 Å². The first kappa shape index (κ1) is 20.3. The summed E-state index contributed by atoms with van der Waals surface area (Å²) in [4.78, 5) is 17.6. The van der Waals surface area contributed by atoms with Gasteiger partial charge in [0.15, 0.2) is 0 Å². The zero-order valence-electron chi connectivity index (χ0n) is 17.4. The number of hydrogen-bond acceptors (Lipinski definition) is 4. The van der Waals surface area contributed by atoms with Gasteiger partial charge in [-0.2, -0.15) is 5.10 Å². The zero-order valence-corrected chi connectivity index (χ0v) is 17.4. The van der Waals surface area contributed by atoms with Gasteiger partial charge < -0.3 is 9.64 Å². The molecule has 3 heterocycles. The van der Waals surface area contributed by atoms with Crippen molar-refractivity contribution < 1.29 is 9.53 Å². The van der Waals surface area contributed by atoms with E-state index in [2.05, 4.69) is 30.0 Å². The minimum atomic E-state index is 0.122. The maximum Gasteiger partial charge on any atom is 0.225 e. The molecule has 2 aliphatic heterocycles. The summed E-state index contributed by atoms with van der Waals surface area (Å²) in [5, 5.41) is 4.40. The Balaban J connectivity index is 1.68. The average molecular weight is 377 g/mol. The van der Waals surface area contributed by atoms with Crippen LogP contribution < -0.4 is 0 Å². The van der Waals surface area contributed by atoms with Gasteiger partial charge in [-0.25, -0.2) is 0 Å². The Hall–Kier alpha value is -1.40. The minimum Gasteiger partial charge on any atom is -0.378 e. The lowest BCUT2D eigenvalue weighted by atomic mass is 9.85. The second-order valence-corrected chi connectivity index (χ2v) is 8.26. The van der Waals surface area contributed by atoms with Crippen molar-refractivity contribution in [1.82, 2.24) is 19.6 Å². The van der Waals surface area contributed by atoms with Crippen LogP contribution in [0.5, 0.6) is 0 Å². The summed E-state index contributed by atoms with van der Waals surface area (Å²) >= 11 is 0. The van der Waals surface area contributed by atoms with Gasteiger partial charge in [-0.05, 0) is 51.1 Å². The van der Waals surface area contributed by atoms with Gasteiger partial charge in [0.2, 0.25) is 5.91 Å². The summed E-state index contributed by atoms with van der Waals surface area (Å²) in [6.07, 6.45) is 9.47. The number of likely N-dealkylation sites (tertiary alicyclic amines) is 1. The Morgan fingerprint density at radius 1 is 1.37 bits per heavy atom. The highest BCUT2D eigenvalue weighted by molar-refractivity contribution is 5.78. The highest BCUT2D eigenvalue weighted by Gasteiger charge is 2.35. The minimum absolute atomic E-state index is 0.122. The van der Waals surface area contributed by atoms with E-state index in [4.69, 9.17) is 4.74 Å². The molecule has 4 atom stereocenters. The SMILES string of the molecule is CC[C@@H]1C[C@H](C(=O)N(C)C[C@@H]2CCCN(CC)[C@H]2c2cnn(C)c2)CCO1. The normalized spacial score (nSPS) is 29.6. The number of amides is 1. The van der Waals surface area contributed by atoms with Crippen molar-refractivity contribution >= 4 is 5.91 Å². The van der Waals surface area contributed by atoms with Crippen molar-refractivity contribution in [3.8, 4) is 0 Å². The molecular formula is C21H36N4O2. The molecule has 6 heteroatoms. The first-order chi connectivity index (χ1) is 13.0. The second kappa shape index (κ2) is 9.20. The van der Waals surface area contributed by atoms with Gasteiger partial charge in [-0.3, -0.25) is 14.4 Å². The van der Waals surface area contributed by atoms with Crippen molar-refractivity contribution in [2.24, 2.45) is 18.9 Å². The van der Waals surface area contributed by atoms with Crippen molar-refractivity contribution in [2.75, 3.05) is 33.3 Å². The smallest absolute Gasteiger partial charge is 0.225 e. The van der Waals surface area contributed by atoms with E-state index >= 15 is 0 Å². The van der Waals surface area contributed by atoms with Gasteiger partial charge in [-0.15, -0.1) is 0 Å². The maximum absolute atomic E-state index is 13.1. The van der Waals surface area contributed by atoms with Crippen LogP contribution in [0.4, 0.5) is 0 Å². The van der Waals surface area contributed by atoms with Gasteiger partial charge in [0.25, 0.3) is 0 Å². The predicted molar refractivity (Wildman–Crippen MR) is 106 cm³/mol. The number of nitrogens with zero attached hydrogens (tertiary/aromatic N) is 4. The monoisotopic (exact) mass is 376 g/mol. The molecule has 3 rings (SSSR count). The number of piperidine rings is 1. The Morgan fingerprint density at radius 2 is 2.19 bits per heavy atom. The van der Waals surface area contributed by atoms with Crippen LogP contribution in [0.25, 0.3) is 0 Å². The van der Waals surface area contributed by atoms with Crippen LogP contribution in [0.15, 0.2) is 12.4 Å². The van der Waals surface area contributed by atoms with E-state index in [0.29, 0.717) is 24.5 Å². The summed E-state index contributed by atoms with van der Waals surface area (Å²) in [7, 11) is 3.96. The van der Waals surface area contributed by atoms with Crippen molar-refractivity contribution in [2.45, 2.75) is 58.1 Å². The molecule has 0 saturated carbocycles. The third kappa shape index (κ3) is 4.72. The molecule has 0 aliphatic carbocycles. The quantitative estimate of drug-likeness (QED) is 0.766. The third-order valence-corrected chi connectivity index (χ3v) is 6.39. The number of carbonyl (C=O) groups excluding carboxylic acids is 1. The molecule has 6 nitrogen and oxygen atoms in total. The Kier molecular flexibility index (Phi) is 6.93. The zero-order chi connectivity index (χ0) is 19.4. The molecule has 27 heavy (non-hydrogen) atoms. The lowest BCUT2D eigenvalue weighted by Gasteiger charge is -2.42. The molecule has 1 amide bonds. The van der Waals surface area contributed by atoms with Gasteiger partial charge in [-0.1, -0.05) is 13.8 Å². The fourth-order valence-electron chi connectivity index (χ4n) is 4.92. The predicted octanol–water partition coefficient (Wildman–Crippen LogP) is 2.86. The number of aryl methyl sites for hydroxylation is 1. The van der Waals surface area contributed by atoms with Crippen LogP contribution in [0, 0.1) is 11.8 Å². The fraction of sp³-hybridized carbons (Fsp3) is 0.810. The van der Waals surface area contributed by atoms with Crippen LogP contribution in [-0.4, -0.2) is 64.9 Å². The number of rotatable bonds is 6. The number of carbonyl (C=O) groups is 1. The van der Waals surface area contributed by atoms with Gasteiger partial charge >= 0.3 is 0 Å². The molecule has 0 radical (unpaired) electrons. The summed E-state index contributed by atoms with van der Waals surface area (Å²) in [6.45, 7) is 8.07. The lowest BCUT2D eigenvalue weighted by Crippen LogP contribution is -2.45. The average Bonchev–Trinajstić information content (AvgIpc) is 3.12. The van der Waals surface area contributed by atoms with E-state index in [0.717, 1.165) is 38.9 Å². The third-order valence-electron chi connectivity index (χ3n) is 6.39.